The quantitative estimate of drug-likeness (QED) is 0.651. The van der Waals surface area contributed by atoms with E-state index in [1.54, 1.807) is 0 Å². The van der Waals surface area contributed by atoms with Crippen LogP contribution in [0.4, 0.5) is 0 Å². The number of nitrogens with zero attached hydrogens (tertiary/aromatic N) is 2. The van der Waals surface area contributed by atoms with Crippen molar-refractivity contribution in [1.82, 2.24) is 9.21 Å². The number of aliphatic hydroxyl groups excluding tert-OH is 1. The molecule has 0 radical (unpaired) electrons. The Kier molecular flexibility index (Phi) is 5.49. The first-order valence-corrected chi connectivity index (χ1v) is 8.21. The minimum atomic E-state index is -3.50. The van der Waals surface area contributed by atoms with Crippen molar-refractivity contribution >= 4 is 21.8 Å². The van der Waals surface area contributed by atoms with E-state index in [1.807, 2.05) is 0 Å². The fraction of sp³-hybridized carbons (Fsp3) is 0.818. The van der Waals surface area contributed by atoms with Crippen LogP contribution in [0.15, 0.2) is 0 Å². The summed E-state index contributed by atoms with van der Waals surface area (Å²) >= 11 is 0. The zero-order valence-electron chi connectivity index (χ0n) is 11.7. The molecule has 2 amide bonds. The number of hydrogen-bond acceptors (Lipinski definition) is 5. The highest BCUT2D eigenvalue weighted by Gasteiger charge is 2.35. The summed E-state index contributed by atoms with van der Waals surface area (Å²) in [5.74, 6) is -1.24. The van der Waals surface area contributed by atoms with Crippen LogP contribution in [0.1, 0.15) is 26.2 Å². The van der Waals surface area contributed by atoms with Crippen LogP contribution in [0, 0.1) is 0 Å². The summed E-state index contributed by atoms with van der Waals surface area (Å²) in [6.45, 7) is 1.34. The molecule has 1 heterocycles. The van der Waals surface area contributed by atoms with Gasteiger partial charge in [0.1, 0.15) is 6.04 Å². The highest BCUT2D eigenvalue weighted by atomic mass is 32.2. The van der Waals surface area contributed by atoms with Gasteiger partial charge in [0, 0.05) is 13.0 Å². The normalized spacial score (nSPS) is 21.9. The molecule has 2 atom stereocenters. The molecule has 1 aliphatic heterocycles. The summed E-state index contributed by atoms with van der Waals surface area (Å²) in [5.41, 5.74) is 5.21. The first-order valence-electron chi connectivity index (χ1n) is 6.36. The summed E-state index contributed by atoms with van der Waals surface area (Å²) in [6, 6.07) is -1.23. The molecular weight excluding hydrogens is 286 g/mol. The second-order valence-electron chi connectivity index (χ2n) is 4.99. The fourth-order valence-electron chi connectivity index (χ4n) is 2.19. The number of nitrogens with two attached hydrogens (primary N) is 1. The second-order valence-corrected chi connectivity index (χ2v) is 6.97. The maximum atomic E-state index is 12.1. The van der Waals surface area contributed by atoms with Crippen LogP contribution < -0.4 is 5.73 Å². The van der Waals surface area contributed by atoms with Crippen molar-refractivity contribution in [3.05, 3.63) is 0 Å². The van der Waals surface area contributed by atoms with Gasteiger partial charge in [-0.2, -0.15) is 4.31 Å². The standard InChI is InChI=1S/C11H21N3O5S/c1-8(15)10(11(12)17)14-7-13(20(2,18)19)6-4-3-5-9(14)16/h8,10,15H,3-7H2,1-2H3,(H2,12,17)/t8-,10+/m1/s1. The summed E-state index contributed by atoms with van der Waals surface area (Å²) in [6.07, 6.45) is 1.17. The number of amides is 2. The Morgan fingerprint density at radius 3 is 2.45 bits per heavy atom. The molecule has 1 fully saturated rings. The van der Waals surface area contributed by atoms with E-state index in [9.17, 15) is 23.1 Å². The highest BCUT2D eigenvalue weighted by molar-refractivity contribution is 7.88. The van der Waals surface area contributed by atoms with Gasteiger partial charge in [-0.3, -0.25) is 9.59 Å². The third kappa shape index (κ3) is 4.15. The monoisotopic (exact) mass is 307 g/mol. The molecule has 0 aromatic carbocycles. The largest absolute Gasteiger partial charge is 0.391 e. The third-order valence-corrected chi connectivity index (χ3v) is 4.47. The molecule has 0 aromatic rings. The van der Waals surface area contributed by atoms with E-state index in [4.69, 9.17) is 5.73 Å². The number of sulfonamides is 1. The van der Waals surface area contributed by atoms with Gasteiger partial charge in [-0.05, 0) is 19.8 Å². The maximum Gasteiger partial charge on any atom is 0.242 e. The molecule has 3 N–H and O–H groups in total. The van der Waals surface area contributed by atoms with E-state index in [-0.39, 0.29) is 25.5 Å². The van der Waals surface area contributed by atoms with Gasteiger partial charge >= 0.3 is 0 Å². The highest BCUT2D eigenvalue weighted by Crippen LogP contribution is 2.16. The smallest absolute Gasteiger partial charge is 0.242 e. The summed E-state index contributed by atoms with van der Waals surface area (Å²) < 4.78 is 24.5. The molecule has 0 saturated carbocycles. The Hall–Kier alpha value is -1.19. The first kappa shape index (κ1) is 16.9. The summed E-state index contributed by atoms with van der Waals surface area (Å²) in [5, 5.41) is 9.64. The van der Waals surface area contributed by atoms with E-state index in [0.29, 0.717) is 12.8 Å². The lowest BCUT2D eigenvalue weighted by atomic mass is 10.1. The third-order valence-electron chi connectivity index (χ3n) is 3.23. The SMILES string of the molecule is C[C@@H](O)[C@@H](C(N)=O)N1CN(S(C)(=O)=O)CCCCC1=O. The van der Waals surface area contributed by atoms with E-state index in [0.717, 1.165) is 15.5 Å². The average Bonchev–Trinajstić information content (AvgIpc) is 2.25. The Morgan fingerprint density at radius 1 is 1.40 bits per heavy atom. The van der Waals surface area contributed by atoms with Crippen molar-refractivity contribution in [1.29, 1.82) is 0 Å². The van der Waals surface area contributed by atoms with E-state index < -0.39 is 28.1 Å². The van der Waals surface area contributed by atoms with Gasteiger partial charge in [0.2, 0.25) is 21.8 Å². The Labute approximate surface area is 118 Å². The fourth-order valence-corrected chi connectivity index (χ4v) is 2.99. The summed E-state index contributed by atoms with van der Waals surface area (Å²) in [4.78, 5) is 24.6. The van der Waals surface area contributed by atoms with Crippen LogP contribution in [0.3, 0.4) is 0 Å². The molecule has 0 aromatic heterocycles. The zero-order valence-corrected chi connectivity index (χ0v) is 12.5. The van der Waals surface area contributed by atoms with Crippen LogP contribution in [0.2, 0.25) is 0 Å². The Morgan fingerprint density at radius 2 is 2.00 bits per heavy atom. The maximum absolute atomic E-state index is 12.1. The minimum absolute atomic E-state index is 0.202. The molecule has 1 saturated heterocycles. The second kappa shape index (κ2) is 6.51. The first-order chi connectivity index (χ1) is 9.14. The number of rotatable bonds is 4. The number of aliphatic hydroxyl groups is 1. The van der Waals surface area contributed by atoms with Gasteiger partial charge in [-0.1, -0.05) is 0 Å². The molecule has 0 unspecified atom stereocenters. The van der Waals surface area contributed by atoms with Crippen LogP contribution in [-0.4, -0.2) is 66.2 Å². The van der Waals surface area contributed by atoms with Crippen LogP contribution >= 0.6 is 0 Å². The number of carbonyl (C=O) groups excluding carboxylic acids is 2. The average molecular weight is 307 g/mol. The van der Waals surface area contributed by atoms with E-state index in [2.05, 4.69) is 0 Å². The Bertz CT molecular complexity index is 476. The number of hydrogen-bond donors (Lipinski definition) is 2. The van der Waals surface area contributed by atoms with Gasteiger partial charge in [0.15, 0.2) is 0 Å². The molecule has 9 heteroatoms. The molecule has 1 rings (SSSR count). The van der Waals surface area contributed by atoms with Crippen LogP contribution in [0.5, 0.6) is 0 Å². The van der Waals surface area contributed by atoms with E-state index >= 15 is 0 Å². The predicted octanol–water partition coefficient (Wildman–Crippen LogP) is -1.55. The van der Waals surface area contributed by atoms with Crippen LogP contribution in [0.25, 0.3) is 0 Å². The molecule has 116 valence electrons. The van der Waals surface area contributed by atoms with Crippen molar-refractivity contribution < 1.29 is 23.1 Å². The lowest BCUT2D eigenvalue weighted by Crippen LogP contribution is -2.57. The molecular formula is C11H21N3O5S. The molecule has 1 aliphatic rings. The van der Waals surface area contributed by atoms with Crippen molar-refractivity contribution in [2.24, 2.45) is 5.73 Å². The summed E-state index contributed by atoms with van der Waals surface area (Å²) in [7, 11) is -3.50. The lowest BCUT2D eigenvalue weighted by molar-refractivity contribution is -0.145. The molecule has 0 bridgehead atoms. The molecule has 0 spiro atoms. The van der Waals surface area contributed by atoms with Crippen molar-refractivity contribution in [3.63, 3.8) is 0 Å². The lowest BCUT2D eigenvalue weighted by Gasteiger charge is -2.36. The van der Waals surface area contributed by atoms with Crippen LogP contribution in [-0.2, 0) is 19.6 Å². The van der Waals surface area contributed by atoms with Gasteiger partial charge in [0.25, 0.3) is 0 Å². The number of carbonyl (C=O) groups is 2. The van der Waals surface area contributed by atoms with Gasteiger partial charge in [-0.25, -0.2) is 8.42 Å². The van der Waals surface area contributed by atoms with Crippen molar-refractivity contribution in [2.75, 3.05) is 19.5 Å². The van der Waals surface area contributed by atoms with Gasteiger partial charge in [-0.15, -0.1) is 0 Å². The topological polar surface area (TPSA) is 121 Å². The molecule has 20 heavy (non-hydrogen) atoms. The number of primary amides is 1. The Balaban J connectivity index is 3.09. The predicted molar refractivity (Wildman–Crippen MR) is 71.8 cm³/mol. The van der Waals surface area contributed by atoms with Crippen molar-refractivity contribution in [2.45, 2.75) is 38.3 Å². The van der Waals surface area contributed by atoms with Gasteiger partial charge < -0.3 is 15.7 Å². The van der Waals surface area contributed by atoms with E-state index in [1.165, 1.54) is 6.92 Å². The molecule has 8 nitrogen and oxygen atoms in total. The zero-order chi connectivity index (χ0) is 15.5. The van der Waals surface area contributed by atoms with Gasteiger partial charge in [0.05, 0.1) is 19.0 Å². The minimum Gasteiger partial charge on any atom is -0.391 e. The molecule has 0 aliphatic carbocycles. The van der Waals surface area contributed by atoms with Crippen molar-refractivity contribution in [3.8, 4) is 0 Å².